The lowest BCUT2D eigenvalue weighted by Gasteiger charge is -2.58. The van der Waals surface area contributed by atoms with Crippen molar-refractivity contribution in [1.82, 2.24) is 5.32 Å². The molecule has 0 bridgehead atoms. The Balaban J connectivity index is 1.55. The average Bonchev–Trinajstić information content (AvgIpc) is 2.91. The molecule has 4 rings (SSSR count). The van der Waals surface area contributed by atoms with E-state index in [9.17, 15) is 9.59 Å². The molecule has 4 aliphatic rings. The molecule has 4 heteroatoms. The predicted molar refractivity (Wildman–Crippen MR) is 105 cm³/mol. The second kappa shape index (κ2) is 6.63. The minimum Gasteiger partial charge on any atom is -0.462 e. The van der Waals surface area contributed by atoms with Crippen molar-refractivity contribution >= 4 is 11.9 Å². The fourth-order valence-corrected chi connectivity index (χ4v) is 7.45. The van der Waals surface area contributed by atoms with Crippen molar-refractivity contribution in [2.24, 2.45) is 28.6 Å². The molecule has 0 saturated heterocycles. The molecule has 1 amide bonds. The van der Waals surface area contributed by atoms with Crippen molar-refractivity contribution in [1.29, 1.82) is 0 Å². The van der Waals surface area contributed by atoms with E-state index in [0.717, 1.165) is 43.9 Å². The van der Waals surface area contributed by atoms with Crippen molar-refractivity contribution < 1.29 is 14.3 Å². The zero-order chi connectivity index (χ0) is 19.4. The van der Waals surface area contributed by atoms with Gasteiger partial charge in [0.1, 0.15) is 6.10 Å². The Morgan fingerprint density at radius 2 is 1.85 bits per heavy atom. The quantitative estimate of drug-likeness (QED) is 0.577. The summed E-state index contributed by atoms with van der Waals surface area (Å²) in [4.78, 5) is 23.1. The maximum Gasteiger partial charge on any atom is 0.302 e. The minimum atomic E-state index is -0.152. The van der Waals surface area contributed by atoms with Gasteiger partial charge in [-0.15, -0.1) is 0 Å². The minimum absolute atomic E-state index is 0.0721. The Labute approximate surface area is 163 Å². The highest BCUT2D eigenvalue weighted by molar-refractivity contribution is 5.73. The SMILES string of the molecule is CC(=O)N[C@@H]1CC[C@H]2[C@@H]3CC=C4C[C@@H](OC(C)=O)CC[C@]4(C)[C@H]3CC[C@]12C. The Hall–Kier alpha value is -1.32. The number of carbonyl (C=O) groups excluding carboxylic acids is 2. The third kappa shape index (κ3) is 3.03. The Morgan fingerprint density at radius 3 is 2.56 bits per heavy atom. The maximum absolute atomic E-state index is 11.7. The van der Waals surface area contributed by atoms with E-state index in [-0.39, 0.29) is 28.8 Å². The number of amides is 1. The first-order valence-corrected chi connectivity index (χ1v) is 10.9. The molecule has 0 aliphatic heterocycles. The van der Waals surface area contributed by atoms with Gasteiger partial charge in [-0.2, -0.15) is 0 Å². The van der Waals surface area contributed by atoms with Gasteiger partial charge in [-0.3, -0.25) is 9.59 Å². The lowest BCUT2D eigenvalue weighted by atomic mass is 9.48. The molecule has 7 atom stereocenters. The van der Waals surface area contributed by atoms with Gasteiger partial charge < -0.3 is 10.1 Å². The highest BCUT2D eigenvalue weighted by atomic mass is 16.5. The molecule has 0 aromatic rings. The average molecular weight is 374 g/mol. The Morgan fingerprint density at radius 1 is 1.07 bits per heavy atom. The molecule has 0 heterocycles. The number of carbonyl (C=O) groups is 2. The molecule has 0 radical (unpaired) electrons. The molecule has 4 aliphatic carbocycles. The van der Waals surface area contributed by atoms with Crippen LogP contribution in [0.4, 0.5) is 0 Å². The summed E-state index contributed by atoms with van der Waals surface area (Å²) in [6.45, 7) is 8.08. The second-order valence-electron chi connectivity index (χ2n) is 10.1. The topological polar surface area (TPSA) is 55.4 Å². The standard InChI is InChI=1S/C23H35NO3/c1-14(25)24-21-8-7-19-18-6-5-16-13-17(27-15(2)26)9-11-22(16,3)20(18)10-12-23(19,21)4/h5,17-21H,6-13H2,1-4H3,(H,24,25)/t17-,18-,19-,20-,21+,22-,23-/m0/s1. The maximum atomic E-state index is 11.7. The van der Waals surface area contributed by atoms with Gasteiger partial charge in [-0.25, -0.2) is 0 Å². The van der Waals surface area contributed by atoms with Gasteiger partial charge in [0.2, 0.25) is 5.91 Å². The molecule has 150 valence electrons. The van der Waals surface area contributed by atoms with Crippen molar-refractivity contribution in [2.75, 3.05) is 0 Å². The van der Waals surface area contributed by atoms with E-state index >= 15 is 0 Å². The third-order valence-corrected chi connectivity index (χ3v) is 8.77. The second-order valence-corrected chi connectivity index (χ2v) is 10.1. The van der Waals surface area contributed by atoms with Crippen LogP contribution in [-0.2, 0) is 14.3 Å². The zero-order valence-corrected chi connectivity index (χ0v) is 17.3. The molecule has 3 saturated carbocycles. The van der Waals surface area contributed by atoms with Gasteiger partial charge in [0.05, 0.1) is 0 Å². The summed E-state index contributed by atoms with van der Waals surface area (Å²) in [6.07, 6.45) is 11.6. The van der Waals surface area contributed by atoms with Crippen LogP contribution in [0.25, 0.3) is 0 Å². The molecule has 4 nitrogen and oxygen atoms in total. The van der Waals surface area contributed by atoms with Crippen LogP contribution in [0.3, 0.4) is 0 Å². The number of hydrogen-bond donors (Lipinski definition) is 1. The van der Waals surface area contributed by atoms with Crippen LogP contribution in [0.1, 0.15) is 79.1 Å². The lowest BCUT2D eigenvalue weighted by molar-refractivity contribution is -0.148. The van der Waals surface area contributed by atoms with Crippen LogP contribution in [0, 0.1) is 28.6 Å². The highest BCUT2D eigenvalue weighted by Gasteiger charge is 2.58. The molecule has 0 aromatic heterocycles. The van der Waals surface area contributed by atoms with Gasteiger partial charge >= 0.3 is 5.97 Å². The summed E-state index contributed by atoms with van der Waals surface area (Å²) in [6, 6.07) is 0.346. The van der Waals surface area contributed by atoms with Gasteiger partial charge in [-0.1, -0.05) is 25.5 Å². The van der Waals surface area contributed by atoms with E-state index in [4.69, 9.17) is 4.74 Å². The van der Waals surface area contributed by atoms with Gasteiger partial charge in [0.25, 0.3) is 0 Å². The lowest BCUT2D eigenvalue weighted by Crippen LogP contribution is -2.53. The summed E-state index contributed by atoms with van der Waals surface area (Å²) >= 11 is 0. The van der Waals surface area contributed by atoms with Gasteiger partial charge in [0.15, 0.2) is 0 Å². The monoisotopic (exact) mass is 373 g/mol. The van der Waals surface area contributed by atoms with Crippen molar-refractivity contribution in [3.05, 3.63) is 11.6 Å². The van der Waals surface area contributed by atoms with E-state index in [1.165, 1.54) is 26.2 Å². The van der Waals surface area contributed by atoms with Crippen molar-refractivity contribution in [3.63, 3.8) is 0 Å². The number of esters is 1. The third-order valence-electron chi connectivity index (χ3n) is 8.77. The first-order valence-electron chi connectivity index (χ1n) is 10.9. The molecule has 0 unspecified atom stereocenters. The number of fused-ring (bicyclic) bond motifs is 5. The fourth-order valence-electron chi connectivity index (χ4n) is 7.45. The van der Waals surface area contributed by atoms with Crippen LogP contribution in [0.2, 0.25) is 0 Å². The number of hydrogen-bond acceptors (Lipinski definition) is 3. The van der Waals surface area contributed by atoms with E-state index < -0.39 is 0 Å². The Kier molecular flexibility index (Phi) is 4.67. The van der Waals surface area contributed by atoms with Gasteiger partial charge in [-0.05, 0) is 73.5 Å². The van der Waals surface area contributed by atoms with E-state index in [2.05, 4.69) is 25.2 Å². The first kappa shape index (κ1) is 19.0. The van der Waals surface area contributed by atoms with Crippen molar-refractivity contribution in [3.8, 4) is 0 Å². The summed E-state index contributed by atoms with van der Waals surface area (Å²) in [5, 5.41) is 3.26. The van der Waals surface area contributed by atoms with Crippen LogP contribution in [-0.4, -0.2) is 24.0 Å². The number of rotatable bonds is 2. The molecule has 0 aromatic carbocycles. The summed E-state index contributed by atoms with van der Waals surface area (Å²) < 4.78 is 5.54. The van der Waals surface area contributed by atoms with E-state index in [1.807, 2.05) is 0 Å². The van der Waals surface area contributed by atoms with E-state index in [0.29, 0.717) is 12.0 Å². The molecule has 3 fully saturated rings. The van der Waals surface area contributed by atoms with Crippen LogP contribution < -0.4 is 5.32 Å². The van der Waals surface area contributed by atoms with Crippen LogP contribution >= 0.6 is 0 Å². The molecule has 1 N–H and O–H groups in total. The summed E-state index contributed by atoms with van der Waals surface area (Å²) in [5.74, 6) is 2.16. The van der Waals surface area contributed by atoms with Crippen LogP contribution in [0.15, 0.2) is 11.6 Å². The predicted octanol–water partition coefficient (Wildman–Crippen LogP) is 4.39. The molecular formula is C23H35NO3. The summed E-state index contributed by atoms with van der Waals surface area (Å²) in [5.41, 5.74) is 2.07. The number of nitrogens with one attached hydrogen (secondary N) is 1. The van der Waals surface area contributed by atoms with E-state index in [1.54, 1.807) is 12.5 Å². The number of ether oxygens (including phenoxy) is 1. The Bertz CT molecular complexity index is 671. The first-order chi connectivity index (χ1) is 12.7. The van der Waals surface area contributed by atoms with Crippen molar-refractivity contribution in [2.45, 2.75) is 91.2 Å². The normalized spacial score (nSPS) is 45.8. The number of allylic oxidation sites excluding steroid dienone is 1. The molecular weight excluding hydrogens is 338 g/mol. The fraction of sp³-hybridized carbons (Fsp3) is 0.826. The molecule has 27 heavy (non-hydrogen) atoms. The zero-order valence-electron chi connectivity index (χ0n) is 17.3. The molecule has 0 spiro atoms. The smallest absolute Gasteiger partial charge is 0.302 e. The van der Waals surface area contributed by atoms with Gasteiger partial charge in [0, 0.05) is 26.3 Å². The summed E-state index contributed by atoms with van der Waals surface area (Å²) in [7, 11) is 0. The largest absolute Gasteiger partial charge is 0.462 e. The van der Waals surface area contributed by atoms with Crippen LogP contribution in [0.5, 0.6) is 0 Å². The highest BCUT2D eigenvalue weighted by Crippen LogP contribution is 2.64.